The van der Waals surface area contributed by atoms with Crippen molar-refractivity contribution < 1.29 is 9.90 Å². The number of hydrogen-bond donors (Lipinski definition) is 1. The first-order chi connectivity index (χ1) is 8.95. The van der Waals surface area contributed by atoms with Gasteiger partial charge in [-0.2, -0.15) is 0 Å². The minimum absolute atomic E-state index is 0.131. The van der Waals surface area contributed by atoms with Gasteiger partial charge in [-0.05, 0) is 61.9 Å². The van der Waals surface area contributed by atoms with Gasteiger partial charge in [-0.15, -0.1) is 0 Å². The molecule has 0 amide bonds. The maximum absolute atomic E-state index is 12.3. The van der Waals surface area contributed by atoms with E-state index in [9.17, 15) is 4.79 Å². The van der Waals surface area contributed by atoms with E-state index in [-0.39, 0.29) is 17.4 Å². The number of allylic oxidation sites excluding steroid dienone is 2. The van der Waals surface area contributed by atoms with Crippen LogP contribution in [0.5, 0.6) is 0 Å². The number of fused-ring (bicyclic) bond motifs is 1. The summed E-state index contributed by atoms with van der Waals surface area (Å²) in [6, 6.07) is 0. The van der Waals surface area contributed by atoms with Gasteiger partial charge >= 0.3 is 0 Å². The molecule has 2 nitrogen and oxygen atoms in total. The third-order valence-electron chi connectivity index (χ3n) is 6.74. The minimum atomic E-state index is 0.131. The summed E-state index contributed by atoms with van der Waals surface area (Å²) < 4.78 is 0. The minimum Gasteiger partial charge on any atom is -0.396 e. The standard InChI is InChI=1S/C17H26O2/c1-11-14-9-13-7-6-12(5-4-8-18)17(14,10-15(11)19)16(13,2)3/h12-13,18H,4-10H2,1-3H3. The highest BCUT2D eigenvalue weighted by Gasteiger charge is 2.65. The van der Waals surface area contributed by atoms with Crippen LogP contribution in [-0.4, -0.2) is 17.5 Å². The van der Waals surface area contributed by atoms with Crippen LogP contribution in [-0.2, 0) is 4.79 Å². The Morgan fingerprint density at radius 2 is 2.05 bits per heavy atom. The predicted octanol–water partition coefficient (Wildman–Crippen LogP) is 3.49. The van der Waals surface area contributed by atoms with Crippen LogP contribution in [0, 0.1) is 22.7 Å². The lowest BCUT2D eigenvalue weighted by atomic mass is 9.51. The molecule has 0 aromatic heterocycles. The van der Waals surface area contributed by atoms with Crippen molar-refractivity contribution in [1.82, 2.24) is 0 Å². The summed E-state index contributed by atoms with van der Waals surface area (Å²) in [4.78, 5) is 12.3. The molecule has 3 aliphatic carbocycles. The fraction of sp³-hybridized carbons (Fsp3) is 0.824. The molecule has 3 rings (SSSR count). The van der Waals surface area contributed by atoms with Crippen LogP contribution in [0.3, 0.4) is 0 Å². The van der Waals surface area contributed by atoms with Crippen molar-refractivity contribution in [2.45, 2.75) is 59.3 Å². The Labute approximate surface area is 116 Å². The number of aliphatic hydroxyl groups excluding tert-OH is 1. The molecule has 0 aromatic rings. The van der Waals surface area contributed by atoms with Gasteiger partial charge < -0.3 is 5.11 Å². The Hall–Kier alpha value is -0.630. The highest BCUT2D eigenvalue weighted by Crippen LogP contribution is 2.72. The van der Waals surface area contributed by atoms with Crippen LogP contribution < -0.4 is 0 Å². The molecule has 2 saturated carbocycles. The molecule has 106 valence electrons. The summed E-state index contributed by atoms with van der Waals surface area (Å²) in [5, 5.41) is 9.16. The highest BCUT2D eigenvalue weighted by molar-refractivity contribution is 6.00. The second kappa shape index (κ2) is 4.18. The van der Waals surface area contributed by atoms with Crippen molar-refractivity contribution in [3.8, 4) is 0 Å². The molecule has 1 spiro atoms. The van der Waals surface area contributed by atoms with Crippen LogP contribution in [0.4, 0.5) is 0 Å². The average molecular weight is 262 g/mol. The third kappa shape index (κ3) is 1.50. The van der Waals surface area contributed by atoms with Gasteiger partial charge in [0.1, 0.15) is 0 Å². The molecular formula is C17H26O2. The Balaban J connectivity index is 2.06. The van der Waals surface area contributed by atoms with Gasteiger partial charge in [0.25, 0.3) is 0 Å². The van der Waals surface area contributed by atoms with E-state index < -0.39 is 0 Å². The molecule has 0 aliphatic heterocycles. The van der Waals surface area contributed by atoms with E-state index in [1.165, 1.54) is 18.4 Å². The molecular weight excluding hydrogens is 236 g/mol. The molecule has 0 saturated heterocycles. The van der Waals surface area contributed by atoms with Gasteiger partial charge in [0, 0.05) is 18.4 Å². The van der Waals surface area contributed by atoms with Crippen molar-refractivity contribution in [1.29, 1.82) is 0 Å². The molecule has 0 heterocycles. The second-order valence-electron chi connectivity index (χ2n) is 7.44. The number of Topliss-reactive ketones (excluding diaryl/α,β-unsaturated/α-hetero) is 1. The molecule has 0 aromatic carbocycles. The van der Waals surface area contributed by atoms with Crippen LogP contribution in [0.2, 0.25) is 0 Å². The Morgan fingerprint density at radius 3 is 2.74 bits per heavy atom. The fourth-order valence-electron chi connectivity index (χ4n) is 5.57. The molecule has 3 atom stereocenters. The van der Waals surface area contributed by atoms with Crippen molar-refractivity contribution >= 4 is 5.78 Å². The molecule has 2 bridgehead atoms. The summed E-state index contributed by atoms with van der Waals surface area (Å²) in [7, 11) is 0. The number of carbonyl (C=O) groups excluding carboxylic acids is 1. The summed E-state index contributed by atoms with van der Waals surface area (Å²) in [6.45, 7) is 7.11. The molecule has 0 radical (unpaired) electrons. The van der Waals surface area contributed by atoms with Crippen LogP contribution in [0.15, 0.2) is 11.1 Å². The smallest absolute Gasteiger partial charge is 0.159 e. The molecule has 2 fully saturated rings. The van der Waals surface area contributed by atoms with Crippen LogP contribution >= 0.6 is 0 Å². The average Bonchev–Trinajstić information content (AvgIpc) is 2.65. The Bertz CT molecular complexity index is 446. The van der Waals surface area contributed by atoms with E-state index in [0.29, 0.717) is 11.7 Å². The Morgan fingerprint density at radius 1 is 1.32 bits per heavy atom. The van der Waals surface area contributed by atoms with Gasteiger partial charge in [-0.3, -0.25) is 4.79 Å². The molecule has 2 heteroatoms. The maximum atomic E-state index is 12.3. The topological polar surface area (TPSA) is 37.3 Å². The summed E-state index contributed by atoms with van der Waals surface area (Å²) in [5.41, 5.74) is 2.96. The molecule has 1 N–H and O–H groups in total. The lowest BCUT2D eigenvalue weighted by molar-refractivity contribution is -0.120. The van der Waals surface area contributed by atoms with Crippen LogP contribution in [0.1, 0.15) is 59.3 Å². The molecule has 19 heavy (non-hydrogen) atoms. The largest absolute Gasteiger partial charge is 0.396 e. The first-order valence-electron chi connectivity index (χ1n) is 7.79. The maximum Gasteiger partial charge on any atom is 0.159 e. The lowest BCUT2D eigenvalue weighted by Crippen LogP contribution is -2.46. The van der Waals surface area contributed by atoms with E-state index in [1.807, 2.05) is 6.92 Å². The van der Waals surface area contributed by atoms with Crippen molar-refractivity contribution in [2.24, 2.45) is 22.7 Å². The fourth-order valence-corrected chi connectivity index (χ4v) is 5.57. The van der Waals surface area contributed by atoms with Crippen molar-refractivity contribution in [3.63, 3.8) is 0 Å². The van der Waals surface area contributed by atoms with Gasteiger partial charge in [0.15, 0.2) is 5.78 Å². The zero-order valence-electron chi connectivity index (χ0n) is 12.5. The lowest BCUT2D eigenvalue weighted by Gasteiger charge is -2.52. The van der Waals surface area contributed by atoms with Crippen molar-refractivity contribution in [2.75, 3.05) is 6.61 Å². The van der Waals surface area contributed by atoms with Gasteiger partial charge in [-0.1, -0.05) is 19.4 Å². The summed E-state index contributed by atoms with van der Waals surface area (Å²) >= 11 is 0. The zero-order valence-corrected chi connectivity index (χ0v) is 12.5. The zero-order chi connectivity index (χ0) is 13.8. The number of ketones is 1. The van der Waals surface area contributed by atoms with Gasteiger partial charge in [0.2, 0.25) is 0 Å². The first kappa shape index (κ1) is 13.4. The number of rotatable bonds is 3. The van der Waals surface area contributed by atoms with Gasteiger partial charge in [0.05, 0.1) is 0 Å². The van der Waals surface area contributed by atoms with E-state index in [0.717, 1.165) is 37.2 Å². The normalized spacial score (nSPS) is 39.9. The number of aliphatic hydroxyl groups is 1. The van der Waals surface area contributed by atoms with E-state index in [1.54, 1.807) is 0 Å². The van der Waals surface area contributed by atoms with Gasteiger partial charge in [-0.25, -0.2) is 0 Å². The van der Waals surface area contributed by atoms with E-state index in [4.69, 9.17) is 5.11 Å². The summed E-state index contributed by atoms with van der Waals surface area (Å²) in [6.07, 6.45) is 6.41. The van der Waals surface area contributed by atoms with Crippen LogP contribution in [0.25, 0.3) is 0 Å². The summed E-state index contributed by atoms with van der Waals surface area (Å²) in [5.74, 6) is 1.75. The molecule has 3 unspecified atom stereocenters. The van der Waals surface area contributed by atoms with E-state index in [2.05, 4.69) is 13.8 Å². The predicted molar refractivity (Wildman–Crippen MR) is 75.7 cm³/mol. The third-order valence-corrected chi connectivity index (χ3v) is 6.74. The number of hydrogen-bond acceptors (Lipinski definition) is 2. The van der Waals surface area contributed by atoms with E-state index >= 15 is 0 Å². The quantitative estimate of drug-likeness (QED) is 0.845. The monoisotopic (exact) mass is 262 g/mol. The SMILES string of the molecule is CC1=C2CC3CCC(CCCO)C2(CC1=O)C3(C)C. The second-order valence-corrected chi connectivity index (χ2v) is 7.44. The highest BCUT2D eigenvalue weighted by atomic mass is 16.2. The molecule has 3 aliphatic rings. The first-order valence-corrected chi connectivity index (χ1v) is 7.79. The number of carbonyl (C=O) groups is 1. The van der Waals surface area contributed by atoms with Crippen molar-refractivity contribution in [3.05, 3.63) is 11.1 Å². The Kier molecular flexibility index (Phi) is 2.94.